The van der Waals surface area contributed by atoms with Gasteiger partial charge in [0.25, 0.3) is 0 Å². The summed E-state index contributed by atoms with van der Waals surface area (Å²) < 4.78 is 10.6. The van der Waals surface area contributed by atoms with Crippen LogP contribution in [0.25, 0.3) is 0 Å². The molecule has 0 saturated heterocycles. The molecule has 0 aliphatic carbocycles. The minimum atomic E-state index is -0.599. The molecule has 2 atom stereocenters. The fourth-order valence-corrected chi connectivity index (χ4v) is 3.39. The van der Waals surface area contributed by atoms with Crippen LogP contribution in [0.4, 0.5) is 0 Å². The molecule has 0 aliphatic heterocycles. The normalized spacial score (nSPS) is 12.6. The molecule has 174 valence electrons. The number of nitrogens with zero attached hydrogens (tertiary/aromatic N) is 1. The molecule has 0 radical (unpaired) electrons. The summed E-state index contributed by atoms with van der Waals surface area (Å²) in [5, 5.41) is 3.60. The van der Waals surface area contributed by atoms with Crippen molar-refractivity contribution in [3.05, 3.63) is 58.6 Å². The highest BCUT2D eigenvalue weighted by Crippen LogP contribution is 2.28. The van der Waals surface area contributed by atoms with Gasteiger partial charge in [0, 0.05) is 24.0 Å². The summed E-state index contributed by atoms with van der Waals surface area (Å²) in [5.41, 5.74) is 1.87. The van der Waals surface area contributed by atoms with E-state index in [1.54, 1.807) is 38.2 Å². The Balaban J connectivity index is 2.17. The maximum atomic E-state index is 13.2. The average Bonchev–Trinajstić information content (AvgIpc) is 2.81. The van der Waals surface area contributed by atoms with Crippen LogP contribution < -0.4 is 14.8 Å². The highest BCUT2D eigenvalue weighted by atomic mass is 35.5. The number of rotatable bonds is 11. The van der Waals surface area contributed by atoms with Gasteiger partial charge in [-0.3, -0.25) is 9.59 Å². The van der Waals surface area contributed by atoms with Gasteiger partial charge in [-0.05, 0) is 62.1 Å². The Morgan fingerprint density at radius 1 is 1.00 bits per heavy atom. The van der Waals surface area contributed by atoms with Crippen LogP contribution in [-0.4, -0.2) is 43.0 Å². The van der Waals surface area contributed by atoms with Gasteiger partial charge in [-0.2, -0.15) is 0 Å². The molecule has 0 aromatic heterocycles. The molecule has 32 heavy (non-hydrogen) atoms. The second-order valence-electron chi connectivity index (χ2n) is 7.83. The van der Waals surface area contributed by atoms with E-state index in [0.29, 0.717) is 29.5 Å². The predicted octanol–water partition coefficient (Wildman–Crippen LogP) is 4.62. The number of halogens is 1. The van der Waals surface area contributed by atoms with Crippen molar-refractivity contribution in [3.63, 3.8) is 0 Å². The van der Waals surface area contributed by atoms with E-state index in [9.17, 15) is 9.59 Å². The number of amides is 2. The smallest absolute Gasteiger partial charge is 0.242 e. The maximum absolute atomic E-state index is 13.2. The van der Waals surface area contributed by atoms with E-state index in [1.165, 1.54) is 0 Å². The number of carbonyl (C=O) groups is 2. The van der Waals surface area contributed by atoms with E-state index in [1.807, 2.05) is 44.2 Å². The molecular formula is C25H33ClN2O4. The van der Waals surface area contributed by atoms with Gasteiger partial charge < -0.3 is 19.7 Å². The summed E-state index contributed by atoms with van der Waals surface area (Å²) in [6.45, 7) is 6.06. The Labute approximate surface area is 195 Å². The molecule has 0 unspecified atom stereocenters. The first-order chi connectivity index (χ1) is 15.3. The lowest BCUT2D eigenvalue weighted by atomic mass is 10.1. The topological polar surface area (TPSA) is 67.9 Å². The van der Waals surface area contributed by atoms with E-state index >= 15 is 0 Å². The number of carbonyl (C=O) groups excluding carboxylic acids is 2. The van der Waals surface area contributed by atoms with Crippen molar-refractivity contribution in [2.24, 2.45) is 0 Å². The van der Waals surface area contributed by atoms with E-state index in [-0.39, 0.29) is 24.3 Å². The number of hydrogen-bond acceptors (Lipinski definition) is 4. The van der Waals surface area contributed by atoms with Gasteiger partial charge in [-0.15, -0.1) is 0 Å². The number of ether oxygens (including phenoxy) is 2. The number of aryl methyl sites for hydroxylation is 1. The van der Waals surface area contributed by atoms with E-state index in [0.717, 1.165) is 17.5 Å². The molecule has 2 aromatic carbocycles. The third-order valence-corrected chi connectivity index (χ3v) is 5.76. The molecule has 1 N–H and O–H groups in total. The molecule has 0 fully saturated rings. The fourth-order valence-electron chi connectivity index (χ4n) is 3.27. The monoisotopic (exact) mass is 460 g/mol. The zero-order valence-corrected chi connectivity index (χ0v) is 20.2. The highest BCUT2D eigenvalue weighted by molar-refractivity contribution is 6.30. The summed E-state index contributed by atoms with van der Waals surface area (Å²) in [4.78, 5) is 27.6. The summed E-state index contributed by atoms with van der Waals surface area (Å²) in [6, 6.07) is 12.4. The van der Waals surface area contributed by atoms with Gasteiger partial charge >= 0.3 is 0 Å². The molecule has 0 aliphatic rings. The van der Waals surface area contributed by atoms with Gasteiger partial charge in [-0.1, -0.05) is 36.7 Å². The van der Waals surface area contributed by atoms with Crippen molar-refractivity contribution in [1.29, 1.82) is 0 Å². The molecule has 0 saturated carbocycles. The maximum Gasteiger partial charge on any atom is 0.242 e. The molecule has 7 heteroatoms. The third kappa shape index (κ3) is 7.16. The first-order valence-electron chi connectivity index (χ1n) is 10.8. The first-order valence-corrected chi connectivity index (χ1v) is 11.2. The molecule has 2 rings (SSSR count). The third-order valence-electron chi connectivity index (χ3n) is 5.51. The minimum absolute atomic E-state index is 0.0456. The summed E-state index contributed by atoms with van der Waals surface area (Å²) in [6.07, 6.45) is 1.61. The number of nitrogens with one attached hydrogen (secondary N) is 1. The molecular weight excluding hydrogens is 428 g/mol. The SMILES string of the molecule is CC[C@H](C)NC(=O)[C@H](C)N(Cc1ccc(Cl)cc1)C(=O)CCc1ccc(OC)c(OC)c1. The first kappa shape index (κ1) is 25.5. The lowest BCUT2D eigenvalue weighted by Gasteiger charge is -2.30. The minimum Gasteiger partial charge on any atom is -0.493 e. The van der Waals surface area contributed by atoms with Crippen LogP contribution >= 0.6 is 11.6 Å². The zero-order valence-electron chi connectivity index (χ0n) is 19.5. The lowest BCUT2D eigenvalue weighted by Crippen LogP contribution is -2.49. The standard InChI is InChI=1S/C25H33ClN2O4/c1-6-17(2)27-25(30)18(3)28(16-20-7-11-21(26)12-8-20)24(29)14-10-19-9-13-22(31-4)23(15-19)32-5/h7-9,11-13,15,17-18H,6,10,14,16H2,1-5H3,(H,27,30)/t17-,18-/m0/s1. The summed E-state index contributed by atoms with van der Waals surface area (Å²) >= 11 is 6.00. The van der Waals surface area contributed by atoms with Gasteiger partial charge in [0.2, 0.25) is 11.8 Å². The molecule has 0 spiro atoms. The van der Waals surface area contributed by atoms with E-state index < -0.39 is 6.04 Å². The van der Waals surface area contributed by atoms with Crippen molar-refractivity contribution in [1.82, 2.24) is 10.2 Å². The average molecular weight is 461 g/mol. The Morgan fingerprint density at radius 2 is 1.62 bits per heavy atom. The Kier molecular flexibility index (Phi) is 9.85. The van der Waals surface area contributed by atoms with Crippen molar-refractivity contribution in [2.75, 3.05) is 14.2 Å². The van der Waals surface area contributed by atoms with Crippen molar-refractivity contribution < 1.29 is 19.1 Å². The van der Waals surface area contributed by atoms with Gasteiger partial charge in [0.1, 0.15) is 6.04 Å². The van der Waals surface area contributed by atoms with Crippen LogP contribution in [0.1, 0.15) is 44.7 Å². The van der Waals surface area contributed by atoms with Gasteiger partial charge in [0.05, 0.1) is 14.2 Å². The largest absolute Gasteiger partial charge is 0.493 e. The van der Waals surface area contributed by atoms with Gasteiger partial charge in [-0.25, -0.2) is 0 Å². The number of benzene rings is 2. The Bertz CT molecular complexity index is 901. The zero-order chi connectivity index (χ0) is 23.7. The quantitative estimate of drug-likeness (QED) is 0.531. The Hall–Kier alpha value is -2.73. The molecule has 6 nitrogen and oxygen atoms in total. The summed E-state index contributed by atoms with van der Waals surface area (Å²) in [7, 11) is 3.17. The Morgan fingerprint density at radius 3 is 2.22 bits per heavy atom. The van der Waals surface area contributed by atoms with Crippen molar-refractivity contribution in [2.45, 2.75) is 58.7 Å². The number of methoxy groups -OCH3 is 2. The van der Waals surface area contributed by atoms with E-state index in [2.05, 4.69) is 5.32 Å². The van der Waals surface area contributed by atoms with Crippen LogP contribution in [0.3, 0.4) is 0 Å². The second kappa shape index (κ2) is 12.3. The summed E-state index contributed by atoms with van der Waals surface area (Å²) in [5.74, 6) is 1.01. The predicted molar refractivity (Wildman–Crippen MR) is 127 cm³/mol. The fraction of sp³-hybridized carbons (Fsp3) is 0.440. The second-order valence-corrected chi connectivity index (χ2v) is 8.27. The molecule has 2 amide bonds. The molecule has 0 bridgehead atoms. The van der Waals surface area contributed by atoms with Crippen LogP contribution in [0, 0.1) is 0 Å². The van der Waals surface area contributed by atoms with Crippen molar-refractivity contribution in [3.8, 4) is 11.5 Å². The van der Waals surface area contributed by atoms with Crippen LogP contribution in [-0.2, 0) is 22.6 Å². The van der Waals surface area contributed by atoms with Crippen LogP contribution in [0.2, 0.25) is 5.02 Å². The van der Waals surface area contributed by atoms with E-state index in [4.69, 9.17) is 21.1 Å². The van der Waals surface area contributed by atoms with Gasteiger partial charge in [0.15, 0.2) is 11.5 Å². The molecule has 0 heterocycles. The molecule has 2 aromatic rings. The van der Waals surface area contributed by atoms with Crippen LogP contribution in [0.15, 0.2) is 42.5 Å². The van der Waals surface area contributed by atoms with Crippen molar-refractivity contribution >= 4 is 23.4 Å². The number of hydrogen-bond donors (Lipinski definition) is 1. The lowest BCUT2D eigenvalue weighted by molar-refractivity contribution is -0.140. The highest BCUT2D eigenvalue weighted by Gasteiger charge is 2.26. The van der Waals surface area contributed by atoms with Crippen LogP contribution in [0.5, 0.6) is 11.5 Å².